The van der Waals surface area contributed by atoms with Crippen molar-refractivity contribution in [3.05, 3.63) is 53.9 Å². The lowest BCUT2D eigenvalue weighted by molar-refractivity contribution is -0.141. The number of nitrogens with zero attached hydrogens (tertiary/aromatic N) is 3. The van der Waals surface area contributed by atoms with Gasteiger partial charge in [-0.1, -0.05) is 31.0 Å². The van der Waals surface area contributed by atoms with Crippen LogP contribution in [-0.4, -0.2) is 52.1 Å². The van der Waals surface area contributed by atoms with E-state index < -0.39 is 52.8 Å². The third-order valence-corrected chi connectivity index (χ3v) is 7.32. The van der Waals surface area contributed by atoms with Crippen LogP contribution in [0.15, 0.2) is 42.6 Å². The summed E-state index contributed by atoms with van der Waals surface area (Å²) < 4.78 is 39.7. The van der Waals surface area contributed by atoms with E-state index in [0.717, 1.165) is 25.1 Å². The van der Waals surface area contributed by atoms with Gasteiger partial charge in [-0.25, -0.2) is 4.98 Å². The van der Waals surface area contributed by atoms with Crippen LogP contribution in [0.2, 0.25) is 0 Å². The number of fused-ring (bicyclic) bond motifs is 2. The Morgan fingerprint density at radius 3 is 2.62 bits per heavy atom. The molecule has 0 bridgehead atoms. The van der Waals surface area contributed by atoms with E-state index in [1.807, 2.05) is 5.32 Å². The average Bonchev–Trinajstić information content (AvgIpc) is 3.57. The van der Waals surface area contributed by atoms with Crippen molar-refractivity contribution in [2.45, 2.75) is 49.4 Å². The number of nitrogens with one attached hydrogen (secondary N) is 3. The van der Waals surface area contributed by atoms with E-state index in [9.17, 15) is 37.6 Å². The maximum Gasteiger partial charge on any atom is 0.435 e. The molecule has 3 aliphatic rings. The van der Waals surface area contributed by atoms with Crippen LogP contribution < -0.4 is 16.0 Å². The number of para-hydroxylation sites is 1. The molecule has 1 saturated heterocycles. The Kier molecular flexibility index (Phi) is 6.49. The third kappa shape index (κ3) is 4.89. The highest BCUT2D eigenvalue weighted by Gasteiger charge is 2.56. The Labute approximate surface area is 220 Å². The van der Waals surface area contributed by atoms with Gasteiger partial charge in [0, 0.05) is 24.8 Å². The number of hydrogen-bond donors (Lipinski definition) is 3. The number of hydrogen-bond acceptors (Lipinski definition) is 6. The van der Waals surface area contributed by atoms with Gasteiger partial charge in [0.2, 0.25) is 11.8 Å². The van der Waals surface area contributed by atoms with Crippen LogP contribution in [-0.2, 0) is 30.8 Å². The molecular weight excluding hydrogens is 517 g/mol. The number of pyridine rings is 1. The molecule has 1 aliphatic carbocycles. The van der Waals surface area contributed by atoms with Crippen molar-refractivity contribution in [3.8, 4) is 6.07 Å². The fraction of sp³-hybridized carbons (Fsp3) is 0.385. The molecule has 10 nitrogen and oxygen atoms in total. The van der Waals surface area contributed by atoms with Crippen LogP contribution in [0.4, 0.5) is 24.5 Å². The van der Waals surface area contributed by atoms with E-state index >= 15 is 0 Å². The summed E-state index contributed by atoms with van der Waals surface area (Å²) in [7, 11) is 0. The summed E-state index contributed by atoms with van der Waals surface area (Å²) >= 11 is 0. The molecule has 13 heteroatoms. The highest BCUT2D eigenvalue weighted by Crippen LogP contribution is 2.46. The predicted molar refractivity (Wildman–Crippen MR) is 130 cm³/mol. The van der Waals surface area contributed by atoms with Crippen LogP contribution in [0.5, 0.6) is 0 Å². The zero-order valence-electron chi connectivity index (χ0n) is 20.4. The normalized spacial score (nSPS) is 22.6. The maximum absolute atomic E-state index is 13.7. The SMILES string of the molecule is N#C[C@@H]1C[C@@]2(CN1C(=O)[C@H](CC1CC1)NC(=O)C(=O)Nc1cccnc1C(F)(F)F)C(=O)Nc1ccccc12. The smallest absolute Gasteiger partial charge is 0.336 e. The quantitative estimate of drug-likeness (QED) is 0.497. The number of anilines is 2. The molecule has 202 valence electrons. The molecule has 3 atom stereocenters. The summed E-state index contributed by atoms with van der Waals surface area (Å²) in [6, 6.07) is 9.03. The molecule has 1 aromatic heterocycles. The number of benzene rings is 1. The summed E-state index contributed by atoms with van der Waals surface area (Å²) in [5.74, 6) is -3.58. The number of likely N-dealkylation sites (tertiary alicyclic amines) is 1. The Morgan fingerprint density at radius 2 is 1.92 bits per heavy atom. The number of carbonyl (C=O) groups is 4. The van der Waals surface area contributed by atoms with Crippen LogP contribution in [0, 0.1) is 17.2 Å². The van der Waals surface area contributed by atoms with Gasteiger partial charge in [-0.05, 0) is 36.1 Å². The molecule has 1 saturated carbocycles. The number of amides is 4. The van der Waals surface area contributed by atoms with Gasteiger partial charge in [-0.2, -0.15) is 18.4 Å². The number of carbonyl (C=O) groups excluding carboxylic acids is 4. The second-order valence-electron chi connectivity index (χ2n) is 9.95. The highest BCUT2D eigenvalue weighted by molar-refractivity contribution is 6.40. The van der Waals surface area contributed by atoms with Gasteiger partial charge in [-0.3, -0.25) is 19.2 Å². The van der Waals surface area contributed by atoms with Crippen LogP contribution in [0.3, 0.4) is 0 Å². The van der Waals surface area contributed by atoms with Gasteiger partial charge in [0.15, 0.2) is 5.69 Å². The Balaban J connectivity index is 1.35. The van der Waals surface area contributed by atoms with E-state index in [4.69, 9.17) is 0 Å². The van der Waals surface area contributed by atoms with Crippen molar-refractivity contribution in [2.24, 2.45) is 5.92 Å². The molecule has 3 N–H and O–H groups in total. The first-order chi connectivity index (χ1) is 18.5. The van der Waals surface area contributed by atoms with Crippen molar-refractivity contribution >= 4 is 35.0 Å². The van der Waals surface area contributed by atoms with E-state index in [1.54, 1.807) is 24.3 Å². The first kappa shape index (κ1) is 26.1. The molecule has 2 aromatic rings. The fourth-order valence-corrected chi connectivity index (χ4v) is 5.23. The van der Waals surface area contributed by atoms with E-state index in [1.165, 1.54) is 11.0 Å². The van der Waals surface area contributed by atoms with Crippen LogP contribution in [0.25, 0.3) is 0 Å². The zero-order chi connectivity index (χ0) is 27.9. The second kappa shape index (κ2) is 9.68. The van der Waals surface area contributed by atoms with Crippen molar-refractivity contribution in [1.29, 1.82) is 5.26 Å². The molecule has 1 spiro atoms. The van der Waals surface area contributed by atoms with Gasteiger partial charge in [-0.15, -0.1) is 0 Å². The minimum atomic E-state index is -4.87. The van der Waals surface area contributed by atoms with Gasteiger partial charge in [0.1, 0.15) is 12.1 Å². The highest BCUT2D eigenvalue weighted by atomic mass is 19.4. The molecule has 0 radical (unpaired) electrons. The molecule has 4 amide bonds. The van der Waals surface area contributed by atoms with Crippen molar-refractivity contribution < 1.29 is 32.3 Å². The number of rotatable bonds is 5. The topological polar surface area (TPSA) is 144 Å². The lowest BCUT2D eigenvalue weighted by atomic mass is 9.80. The molecule has 5 rings (SSSR count). The summed E-state index contributed by atoms with van der Waals surface area (Å²) in [5.41, 5.74) is -1.93. The standard InChI is InChI=1S/C26H23F3N6O4/c27-26(28,29)20-18(6-3-9-31-20)32-21(36)22(37)33-19(10-14-7-8-14)23(38)35-13-25(11-15(35)12-30)16-4-1-2-5-17(16)34-24(25)39/h1-6,9,14-15,19H,7-8,10-11,13H2,(H,32,36)(H,33,37)(H,34,39)/t15-,19-,25-/m0/s1. The van der Waals surface area contributed by atoms with Crippen molar-refractivity contribution in [2.75, 3.05) is 17.2 Å². The summed E-state index contributed by atoms with van der Waals surface area (Å²) in [6.45, 7) is -0.0965. The monoisotopic (exact) mass is 540 g/mol. The molecular formula is C26H23F3N6O4. The van der Waals surface area contributed by atoms with Gasteiger partial charge in [0.05, 0.1) is 17.2 Å². The summed E-state index contributed by atoms with van der Waals surface area (Å²) in [6.07, 6.45) is -2.11. The number of alkyl halides is 3. The number of halogens is 3. The van der Waals surface area contributed by atoms with Gasteiger partial charge in [0.25, 0.3) is 0 Å². The molecule has 2 fully saturated rings. The lowest BCUT2D eigenvalue weighted by Gasteiger charge is -2.27. The third-order valence-electron chi connectivity index (χ3n) is 7.32. The summed E-state index contributed by atoms with van der Waals surface area (Å²) in [5, 5.41) is 16.9. The Bertz CT molecular complexity index is 1400. The van der Waals surface area contributed by atoms with Crippen LogP contribution in [0.1, 0.15) is 36.9 Å². The van der Waals surface area contributed by atoms with Gasteiger partial charge < -0.3 is 20.9 Å². The second-order valence-corrected chi connectivity index (χ2v) is 9.95. The van der Waals surface area contributed by atoms with Crippen molar-refractivity contribution in [3.63, 3.8) is 0 Å². The molecule has 0 unspecified atom stereocenters. The first-order valence-electron chi connectivity index (χ1n) is 12.3. The zero-order valence-corrected chi connectivity index (χ0v) is 20.4. The summed E-state index contributed by atoms with van der Waals surface area (Å²) in [4.78, 5) is 56.4. The van der Waals surface area contributed by atoms with Crippen molar-refractivity contribution in [1.82, 2.24) is 15.2 Å². The van der Waals surface area contributed by atoms with Gasteiger partial charge >= 0.3 is 18.0 Å². The lowest BCUT2D eigenvalue weighted by Crippen LogP contribution is -2.53. The molecule has 2 aliphatic heterocycles. The fourth-order valence-electron chi connectivity index (χ4n) is 5.23. The Hall–Kier alpha value is -4.47. The first-order valence-corrected chi connectivity index (χ1v) is 12.3. The van der Waals surface area contributed by atoms with E-state index in [-0.39, 0.29) is 31.2 Å². The number of nitriles is 1. The molecule has 1 aromatic carbocycles. The maximum atomic E-state index is 13.7. The molecule has 3 heterocycles. The largest absolute Gasteiger partial charge is 0.435 e. The van der Waals surface area contributed by atoms with E-state index in [0.29, 0.717) is 11.3 Å². The number of aromatic nitrogens is 1. The predicted octanol–water partition coefficient (Wildman–Crippen LogP) is 2.34. The average molecular weight is 541 g/mol. The Morgan fingerprint density at radius 1 is 1.18 bits per heavy atom. The minimum Gasteiger partial charge on any atom is -0.336 e. The van der Waals surface area contributed by atoms with E-state index in [2.05, 4.69) is 21.7 Å². The molecule has 39 heavy (non-hydrogen) atoms. The minimum absolute atomic E-state index is 0.0594. The van der Waals surface area contributed by atoms with Crippen LogP contribution >= 0.6 is 0 Å².